The third kappa shape index (κ3) is 5.50. The average Bonchev–Trinajstić information content (AvgIpc) is 3.18. The van der Waals surface area contributed by atoms with Crippen molar-refractivity contribution in [3.63, 3.8) is 0 Å². The van der Waals surface area contributed by atoms with Gasteiger partial charge >= 0.3 is 0 Å². The number of hydrogen-bond donors (Lipinski definition) is 2. The Labute approximate surface area is 156 Å². The summed E-state index contributed by atoms with van der Waals surface area (Å²) in [6.07, 6.45) is 3.61. The second-order valence-corrected chi connectivity index (χ2v) is 5.99. The molecule has 6 nitrogen and oxygen atoms in total. The Morgan fingerprint density at radius 2 is 1.78 bits per heavy atom. The van der Waals surface area contributed by atoms with Gasteiger partial charge in [0.2, 0.25) is 5.91 Å². The van der Waals surface area contributed by atoms with Gasteiger partial charge in [-0.2, -0.15) is 5.10 Å². The molecule has 0 radical (unpaired) electrons. The summed E-state index contributed by atoms with van der Waals surface area (Å²) in [5, 5.41) is 9.45. The first-order valence-corrected chi connectivity index (χ1v) is 8.46. The maximum atomic E-state index is 12.9. The van der Waals surface area contributed by atoms with E-state index in [1.165, 1.54) is 24.3 Å². The molecule has 3 rings (SSSR count). The van der Waals surface area contributed by atoms with Crippen molar-refractivity contribution in [3.05, 3.63) is 89.5 Å². The fourth-order valence-electron chi connectivity index (χ4n) is 2.55. The highest BCUT2D eigenvalue weighted by atomic mass is 19.1. The smallest absolute Gasteiger partial charge is 0.251 e. The molecule has 0 bridgehead atoms. The number of carbonyl (C=O) groups excluding carboxylic acids is 2. The molecule has 0 spiro atoms. The zero-order valence-electron chi connectivity index (χ0n) is 14.6. The van der Waals surface area contributed by atoms with E-state index in [-0.39, 0.29) is 12.5 Å². The molecule has 2 amide bonds. The van der Waals surface area contributed by atoms with Crippen LogP contribution in [0.15, 0.2) is 67.0 Å². The van der Waals surface area contributed by atoms with E-state index in [1.807, 2.05) is 41.2 Å². The van der Waals surface area contributed by atoms with Crippen molar-refractivity contribution < 1.29 is 14.0 Å². The Morgan fingerprint density at radius 3 is 2.52 bits per heavy atom. The second-order valence-electron chi connectivity index (χ2n) is 5.99. The third-order valence-corrected chi connectivity index (χ3v) is 3.90. The summed E-state index contributed by atoms with van der Waals surface area (Å²) in [6, 6.07) is 14.8. The Balaban J connectivity index is 1.46. The molecule has 0 aliphatic rings. The summed E-state index contributed by atoms with van der Waals surface area (Å²) in [4.78, 5) is 23.9. The number of nitrogens with one attached hydrogen (secondary N) is 2. The number of halogens is 1. The largest absolute Gasteiger partial charge is 0.350 e. The standard InChI is InChI=1S/C20H19FN4O2/c21-18-7-5-17(6-8-18)20(27)23-13-19(26)22-12-15-3-1-4-16(11-15)14-25-10-2-9-24-25/h1-11H,12-14H2,(H,22,26)(H,23,27). The number of benzene rings is 2. The quantitative estimate of drug-likeness (QED) is 0.673. The van der Waals surface area contributed by atoms with Gasteiger partial charge in [0.05, 0.1) is 13.1 Å². The lowest BCUT2D eigenvalue weighted by Crippen LogP contribution is -2.36. The van der Waals surface area contributed by atoms with E-state index in [0.717, 1.165) is 11.1 Å². The van der Waals surface area contributed by atoms with Gasteiger partial charge in [0.1, 0.15) is 5.82 Å². The molecule has 0 saturated heterocycles. The highest BCUT2D eigenvalue weighted by molar-refractivity contribution is 5.96. The Morgan fingerprint density at radius 1 is 1.00 bits per heavy atom. The van der Waals surface area contributed by atoms with Crippen LogP contribution >= 0.6 is 0 Å². The Bertz CT molecular complexity index is 908. The minimum atomic E-state index is -0.425. The molecule has 3 aromatic rings. The molecule has 2 N–H and O–H groups in total. The van der Waals surface area contributed by atoms with Crippen molar-refractivity contribution >= 4 is 11.8 Å². The van der Waals surface area contributed by atoms with Crippen LogP contribution in [0.5, 0.6) is 0 Å². The SMILES string of the molecule is O=C(CNC(=O)c1ccc(F)cc1)NCc1cccc(Cn2cccn2)c1. The van der Waals surface area contributed by atoms with Crippen molar-refractivity contribution in [1.82, 2.24) is 20.4 Å². The summed E-state index contributed by atoms with van der Waals surface area (Å²) in [6.45, 7) is 0.865. The number of nitrogens with zero attached hydrogens (tertiary/aromatic N) is 2. The minimum absolute atomic E-state index is 0.150. The second kappa shape index (κ2) is 8.75. The molecule has 0 aliphatic carbocycles. The summed E-state index contributed by atoms with van der Waals surface area (Å²) in [7, 11) is 0. The molecule has 1 aromatic heterocycles. The van der Waals surface area contributed by atoms with Crippen LogP contribution in [0.2, 0.25) is 0 Å². The lowest BCUT2D eigenvalue weighted by molar-refractivity contribution is -0.120. The van der Waals surface area contributed by atoms with Crippen LogP contribution in [0.1, 0.15) is 21.5 Å². The van der Waals surface area contributed by atoms with Gasteiger partial charge in [-0.1, -0.05) is 24.3 Å². The maximum absolute atomic E-state index is 12.9. The van der Waals surface area contributed by atoms with Gasteiger partial charge in [-0.3, -0.25) is 14.3 Å². The van der Waals surface area contributed by atoms with Crippen LogP contribution in [-0.4, -0.2) is 28.1 Å². The molecule has 27 heavy (non-hydrogen) atoms. The topological polar surface area (TPSA) is 76.0 Å². The highest BCUT2D eigenvalue weighted by Gasteiger charge is 2.08. The van der Waals surface area contributed by atoms with Gasteiger partial charge in [-0.15, -0.1) is 0 Å². The lowest BCUT2D eigenvalue weighted by atomic mass is 10.1. The van der Waals surface area contributed by atoms with Crippen LogP contribution in [-0.2, 0) is 17.9 Å². The van der Waals surface area contributed by atoms with E-state index in [4.69, 9.17) is 0 Å². The molecule has 1 heterocycles. The molecule has 0 fully saturated rings. The van der Waals surface area contributed by atoms with Gasteiger partial charge in [0, 0.05) is 24.5 Å². The molecule has 0 aliphatic heterocycles. The van der Waals surface area contributed by atoms with Crippen LogP contribution in [0, 0.1) is 5.82 Å². The van der Waals surface area contributed by atoms with E-state index >= 15 is 0 Å². The van der Waals surface area contributed by atoms with Gasteiger partial charge in [0.25, 0.3) is 5.91 Å². The molecular weight excluding hydrogens is 347 g/mol. The van der Waals surface area contributed by atoms with Crippen LogP contribution in [0.25, 0.3) is 0 Å². The van der Waals surface area contributed by atoms with E-state index in [0.29, 0.717) is 18.7 Å². The van der Waals surface area contributed by atoms with Crippen molar-refractivity contribution in [2.45, 2.75) is 13.1 Å². The molecule has 2 aromatic carbocycles. The Kier molecular flexibility index (Phi) is 5.94. The molecule has 0 unspecified atom stereocenters. The summed E-state index contributed by atoms with van der Waals surface area (Å²) in [5.74, 6) is -1.15. The first-order valence-electron chi connectivity index (χ1n) is 8.46. The van der Waals surface area contributed by atoms with Crippen molar-refractivity contribution in [2.75, 3.05) is 6.54 Å². The summed E-state index contributed by atoms with van der Waals surface area (Å²) in [5.41, 5.74) is 2.34. The van der Waals surface area contributed by atoms with Gasteiger partial charge in [-0.05, 0) is 41.5 Å². The van der Waals surface area contributed by atoms with Crippen LogP contribution < -0.4 is 10.6 Å². The van der Waals surface area contributed by atoms with Crippen molar-refractivity contribution in [3.8, 4) is 0 Å². The third-order valence-electron chi connectivity index (χ3n) is 3.90. The predicted molar refractivity (Wildman–Crippen MR) is 98.4 cm³/mol. The molecule has 138 valence electrons. The highest BCUT2D eigenvalue weighted by Crippen LogP contribution is 2.07. The first kappa shape index (κ1) is 18.3. The fraction of sp³-hybridized carbons (Fsp3) is 0.150. The number of aromatic nitrogens is 2. The van der Waals surface area contributed by atoms with E-state index in [1.54, 1.807) is 6.20 Å². The van der Waals surface area contributed by atoms with Crippen molar-refractivity contribution in [2.24, 2.45) is 0 Å². The van der Waals surface area contributed by atoms with E-state index in [2.05, 4.69) is 15.7 Å². The Hall–Kier alpha value is -3.48. The summed E-state index contributed by atoms with van der Waals surface area (Å²) < 4.78 is 14.7. The molecule has 7 heteroatoms. The minimum Gasteiger partial charge on any atom is -0.350 e. The van der Waals surface area contributed by atoms with Gasteiger partial charge < -0.3 is 10.6 Å². The predicted octanol–water partition coefficient (Wildman–Crippen LogP) is 2.12. The lowest BCUT2D eigenvalue weighted by Gasteiger charge is -2.09. The van der Waals surface area contributed by atoms with Crippen molar-refractivity contribution in [1.29, 1.82) is 0 Å². The normalized spacial score (nSPS) is 10.4. The molecule has 0 atom stereocenters. The maximum Gasteiger partial charge on any atom is 0.251 e. The molecular formula is C20H19FN4O2. The van der Waals surface area contributed by atoms with E-state index in [9.17, 15) is 14.0 Å². The fourth-order valence-corrected chi connectivity index (χ4v) is 2.55. The van der Waals surface area contributed by atoms with Crippen LogP contribution in [0.3, 0.4) is 0 Å². The average molecular weight is 366 g/mol. The zero-order chi connectivity index (χ0) is 19.1. The van der Waals surface area contributed by atoms with Crippen LogP contribution in [0.4, 0.5) is 4.39 Å². The van der Waals surface area contributed by atoms with Gasteiger partial charge in [0.15, 0.2) is 0 Å². The number of rotatable bonds is 7. The zero-order valence-corrected chi connectivity index (χ0v) is 14.6. The van der Waals surface area contributed by atoms with E-state index < -0.39 is 11.7 Å². The monoisotopic (exact) mass is 366 g/mol. The number of hydrogen-bond acceptors (Lipinski definition) is 3. The number of amides is 2. The number of carbonyl (C=O) groups is 2. The van der Waals surface area contributed by atoms with Gasteiger partial charge in [-0.25, -0.2) is 4.39 Å². The first-order chi connectivity index (χ1) is 13.1. The molecule has 0 saturated carbocycles. The summed E-state index contributed by atoms with van der Waals surface area (Å²) >= 11 is 0.